The topological polar surface area (TPSA) is 50.4 Å². The molecule has 0 bridgehead atoms. The van der Waals surface area contributed by atoms with Crippen molar-refractivity contribution in [2.24, 2.45) is 0 Å². The molecule has 0 aliphatic carbocycles. The monoisotopic (exact) mass is 232 g/mol. The first kappa shape index (κ1) is 9.32. The minimum atomic E-state index is -0.426. The van der Waals surface area contributed by atoms with E-state index in [-0.39, 0.29) is 16.1 Å². The lowest BCUT2D eigenvalue weighted by atomic mass is 10.1. The lowest BCUT2D eigenvalue weighted by Gasteiger charge is -2.04. The Hall–Kier alpha value is -0.770. The lowest BCUT2D eigenvalue weighted by molar-refractivity contribution is 0.386. The van der Waals surface area contributed by atoms with E-state index in [9.17, 15) is 9.90 Å². The van der Waals surface area contributed by atoms with Gasteiger partial charge in [0.05, 0.1) is 0 Å². The molecule has 3 nitrogen and oxygen atoms in total. The van der Waals surface area contributed by atoms with Crippen LogP contribution in [0.2, 0.25) is 0 Å². The van der Waals surface area contributed by atoms with E-state index in [4.69, 9.17) is 4.42 Å². The van der Waals surface area contributed by atoms with Crippen LogP contribution >= 0.6 is 15.9 Å². The fourth-order valence-electron chi connectivity index (χ4n) is 0.859. The van der Waals surface area contributed by atoms with Gasteiger partial charge in [-0.25, -0.2) is 0 Å². The van der Waals surface area contributed by atoms with Crippen LogP contribution in [0, 0.1) is 0 Å². The first-order valence-corrected chi connectivity index (χ1v) is 4.33. The fourth-order valence-corrected chi connectivity index (χ4v) is 1.14. The predicted octanol–water partition coefficient (Wildman–Crippen LogP) is 2.23. The summed E-state index contributed by atoms with van der Waals surface area (Å²) in [5.74, 6) is 0.0216. The maximum Gasteiger partial charge on any atom is 0.240 e. The van der Waals surface area contributed by atoms with E-state index in [1.165, 1.54) is 6.26 Å². The first-order chi connectivity index (χ1) is 5.54. The van der Waals surface area contributed by atoms with Gasteiger partial charge in [-0.05, 0) is 15.9 Å². The zero-order valence-electron chi connectivity index (χ0n) is 6.80. The van der Waals surface area contributed by atoms with Gasteiger partial charge in [-0.15, -0.1) is 0 Å². The molecule has 0 aromatic carbocycles. The molecule has 12 heavy (non-hydrogen) atoms. The van der Waals surface area contributed by atoms with Crippen LogP contribution in [0.15, 0.2) is 19.9 Å². The summed E-state index contributed by atoms with van der Waals surface area (Å²) in [6, 6.07) is 0. The van der Waals surface area contributed by atoms with Crippen molar-refractivity contribution in [3.05, 3.63) is 26.7 Å². The molecule has 1 N–H and O–H groups in total. The molecule has 1 heterocycles. The smallest absolute Gasteiger partial charge is 0.240 e. The standard InChI is InChI=1S/C8H9BrO3/c1-4(2)8-7(11)6(10)5(9)3-12-8/h3-4,11H,1-2H3. The Morgan fingerprint density at radius 1 is 1.58 bits per heavy atom. The van der Waals surface area contributed by atoms with Gasteiger partial charge in [-0.1, -0.05) is 13.8 Å². The van der Waals surface area contributed by atoms with Gasteiger partial charge in [0.25, 0.3) is 0 Å². The molecule has 0 spiro atoms. The van der Waals surface area contributed by atoms with Crippen molar-refractivity contribution in [1.82, 2.24) is 0 Å². The quantitative estimate of drug-likeness (QED) is 0.809. The number of halogens is 1. The minimum Gasteiger partial charge on any atom is -0.502 e. The molecule has 0 atom stereocenters. The maximum absolute atomic E-state index is 11.1. The molecule has 0 saturated carbocycles. The molecule has 0 unspecified atom stereocenters. The zero-order valence-corrected chi connectivity index (χ0v) is 8.38. The fraction of sp³-hybridized carbons (Fsp3) is 0.375. The summed E-state index contributed by atoms with van der Waals surface area (Å²) in [6.45, 7) is 3.68. The van der Waals surface area contributed by atoms with E-state index in [1.807, 2.05) is 13.8 Å². The van der Waals surface area contributed by atoms with Crippen LogP contribution in [-0.2, 0) is 0 Å². The highest BCUT2D eigenvalue weighted by molar-refractivity contribution is 9.10. The second-order valence-electron chi connectivity index (χ2n) is 2.78. The molecule has 1 rings (SSSR count). The van der Waals surface area contributed by atoms with E-state index in [2.05, 4.69) is 15.9 Å². The molecule has 4 heteroatoms. The van der Waals surface area contributed by atoms with E-state index in [0.717, 1.165) is 0 Å². The van der Waals surface area contributed by atoms with Gasteiger partial charge in [0.2, 0.25) is 11.2 Å². The molecule has 1 aromatic rings. The van der Waals surface area contributed by atoms with Crippen molar-refractivity contribution in [2.75, 3.05) is 0 Å². The summed E-state index contributed by atoms with van der Waals surface area (Å²) >= 11 is 2.96. The highest BCUT2D eigenvalue weighted by Crippen LogP contribution is 2.23. The Morgan fingerprint density at radius 2 is 2.17 bits per heavy atom. The van der Waals surface area contributed by atoms with Gasteiger partial charge in [0.1, 0.15) is 10.7 Å². The van der Waals surface area contributed by atoms with Crippen LogP contribution in [-0.4, -0.2) is 5.11 Å². The molecular weight excluding hydrogens is 224 g/mol. The molecule has 1 aromatic heterocycles. The van der Waals surface area contributed by atoms with Crippen LogP contribution in [0.5, 0.6) is 5.75 Å². The van der Waals surface area contributed by atoms with Crippen molar-refractivity contribution in [3.63, 3.8) is 0 Å². The molecule has 66 valence electrons. The predicted molar refractivity (Wildman–Crippen MR) is 48.4 cm³/mol. The summed E-state index contributed by atoms with van der Waals surface area (Å²) < 4.78 is 5.27. The van der Waals surface area contributed by atoms with Gasteiger partial charge >= 0.3 is 0 Å². The summed E-state index contributed by atoms with van der Waals surface area (Å²) in [6.07, 6.45) is 1.29. The van der Waals surface area contributed by atoms with Crippen LogP contribution in [0.3, 0.4) is 0 Å². The third-order valence-electron chi connectivity index (χ3n) is 1.48. The Balaban J connectivity index is 3.37. The molecule has 0 fully saturated rings. The van der Waals surface area contributed by atoms with Crippen LogP contribution in [0.1, 0.15) is 25.5 Å². The van der Waals surface area contributed by atoms with Gasteiger partial charge in [-0.2, -0.15) is 0 Å². The third-order valence-corrected chi connectivity index (χ3v) is 2.03. The summed E-state index contributed by atoms with van der Waals surface area (Å²) in [5, 5.41) is 9.31. The van der Waals surface area contributed by atoms with Gasteiger partial charge < -0.3 is 9.52 Å². The summed E-state index contributed by atoms with van der Waals surface area (Å²) in [4.78, 5) is 11.1. The Kier molecular flexibility index (Phi) is 2.57. The van der Waals surface area contributed by atoms with E-state index in [1.54, 1.807) is 0 Å². The molecule has 0 aliphatic heterocycles. The second-order valence-corrected chi connectivity index (χ2v) is 3.63. The summed E-state index contributed by atoms with van der Waals surface area (Å²) in [5.41, 5.74) is -0.426. The Labute approximate surface area is 78.2 Å². The number of aromatic hydroxyl groups is 1. The average Bonchev–Trinajstić information content (AvgIpc) is 2.00. The minimum absolute atomic E-state index is 0.00537. The van der Waals surface area contributed by atoms with Gasteiger partial charge in [0, 0.05) is 5.92 Å². The van der Waals surface area contributed by atoms with Crippen LogP contribution < -0.4 is 5.43 Å². The lowest BCUT2D eigenvalue weighted by Crippen LogP contribution is -2.04. The zero-order chi connectivity index (χ0) is 9.30. The van der Waals surface area contributed by atoms with Gasteiger partial charge in [0.15, 0.2) is 5.76 Å². The van der Waals surface area contributed by atoms with E-state index < -0.39 is 5.43 Å². The van der Waals surface area contributed by atoms with Crippen LogP contribution in [0.4, 0.5) is 0 Å². The van der Waals surface area contributed by atoms with Crippen molar-refractivity contribution >= 4 is 15.9 Å². The third kappa shape index (κ3) is 1.53. The summed E-state index contributed by atoms with van der Waals surface area (Å²) in [7, 11) is 0. The second kappa shape index (κ2) is 3.31. The molecule has 0 radical (unpaired) electrons. The molecular formula is C8H9BrO3. The highest BCUT2D eigenvalue weighted by atomic mass is 79.9. The van der Waals surface area contributed by atoms with E-state index >= 15 is 0 Å². The van der Waals surface area contributed by atoms with Crippen molar-refractivity contribution in [1.29, 1.82) is 0 Å². The number of hydrogen-bond acceptors (Lipinski definition) is 3. The SMILES string of the molecule is CC(C)c1occ(Br)c(=O)c1O. The molecule has 0 aliphatic rings. The number of rotatable bonds is 1. The van der Waals surface area contributed by atoms with Crippen LogP contribution in [0.25, 0.3) is 0 Å². The number of hydrogen-bond donors (Lipinski definition) is 1. The molecule has 0 saturated heterocycles. The Morgan fingerprint density at radius 3 is 2.67 bits per heavy atom. The Bertz CT molecular complexity index is 341. The first-order valence-electron chi connectivity index (χ1n) is 3.54. The van der Waals surface area contributed by atoms with Crippen molar-refractivity contribution < 1.29 is 9.52 Å². The van der Waals surface area contributed by atoms with E-state index in [0.29, 0.717) is 5.76 Å². The highest BCUT2D eigenvalue weighted by Gasteiger charge is 2.13. The average molecular weight is 233 g/mol. The molecule has 0 amide bonds. The van der Waals surface area contributed by atoms with Crippen molar-refractivity contribution in [3.8, 4) is 5.75 Å². The normalized spacial score (nSPS) is 10.7. The maximum atomic E-state index is 11.1. The largest absolute Gasteiger partial charge is 0.502 e. The van der Waals surface area contributed by atoms with Crippen molar-refractivity contribution in [2.45, 2.75) is 19.8 Å². The van der Waals surface area contributed by atoms with Gasteiger partial charge in [-0.3, -0.25) is 4.79 Å².